The molecule has 0 radical (unpaired) electrons. The summed E-state index contributed by atoms with van der Waals surface area (Å²) in [5, 5.41) is 0. The lowest BCUT2D eigenvalue weighted by Crippen LogP contribution is -1.96. The molecule has 0 aliphatic rings. The van der Waals surface area contributed by atoms with Gasteiger partial charge in [-0.25, -0.2) is 8.78 Å². The van der Waals surface area contributed by atoms with E-state index in [1.807, 2.05) is 0 Å². The monoisotopic (exact) mass is 356 g/mol. The summed E-state index contributed by atoms with van der Waals surface area (Å²) in [7, 11) is 0. The van der Waals surface area contributed by atoms with E-state index in [-0.39, 0.29) is 11.1 Å². The van der Waals surface area contributed by atoms with E-state index in [0.29, 0.717) is 11.1 Å². The minimum atomic E-state index is -1.92. The van der Waals surface area contributed by atoms with Crippen molar-refractivity contribution in [2.24, 2.45) is 0 Å². The lowest BCUT2D eigenvalue weighted by atomic mass is 9.99. The quantitative estimate of drug-likeness (QED) is 0.420. The van der Waals surface area contributed by atoms with Gasteiger partial charge in [0, 0.05) is 16.7 Å². The molecule has 0 aliphatic carbocycles. The third kappa shape index (κ3) is 6.34. The highest BCUT2D eigenvalue weighted by Crippen LogP contribution is 2.24. The Kier molecular flexibility index (Phi) is 8.28. The van der Waals surface area contributed by atoms with Crippen LogP contribution in [-0.2, 0) is 0 Å². The van der Waals surface area contributed by atoms with Gasteiger partial charge in [-0.05, 0) is 48.5 Å². The molecule has 1 rings (SSSR count). The zero-order chi connectivity index (χ0) is 18.8. The fraction of sp³-hybridized carbons (Fsp3) is 0.143. The van der Waals surface area contributed by atoms with Gasteiger partial charge in [-0.15, -0.1) is 29.4 Å². The zero-order valence-electron chi connectivity index (χ0n) is 13.7. The molecule has 1 aromatic rings. The Morgan fingerprint density at radius 2 is 2.00 bits per heavy atom. The molecule has 126 valence electrons. The maximum absolute atomic E-state index is 14.4. The van der Waals surface area contributed by atoms with Crippen LogP contribution in [0.3, 0.4) is 0 Å². The number of allylic oxidation sites excluding steroid dienone is 6. The molecule has 1 unspecified atom stereocenters. The largest absolute Gasteiger partial charge is 0.229 e. The van der Waals surface area contributed by atoms with Crippen LogP contribution in [0.5, 0.6) is 0 Å². The maximum Gasteiger partial charge on any atom is 0.183 e. The van der Waals surface area contributed by atoms with Crippen molar-refractivity contribution in [3.8, 4) is 36.3 Å². The van der Waals surface area contributed by atoms with Crippen LogP contribution in [0, 0.1) is 42.1 Å². The van der Waals surface area contributed by atoms with Gasteiger partial charge in [-0.3, -0.25) is 0 Å². The van der Waals surface area contributed by atoms with Gasteiger partial charge in [0.15, 0.2) is 6.17 Å². The first-order valence-electron chi connectivity index (χ1n) is 7.17. The topological polar surface area (TPSA) is 0 Å². The van der Waals surface area contributed by atoms with Crippen LogP contribution in [-0.4, -0.2) is 6.17 Å². The average molecular weight is 356 g/mol. The molecule has 0 N–H and O–H groups in total. The van der Waals surface area contributed by atoms with Crippen LogP contribution < -0.4 is 0 Å². The molecule has 25 heavy (non-hydrogen) atoms. The summed E-state index contributed by atoms with van der Waals surface area (Å²) in [4.78, 5) is 0.771. The molecular weight excluding hydrogens is 341 g/mol. The Labute approximate surface area is 151 Å². The van der Waals surface area contributed by atoms with E-state index in [1.54, 1.807) is 38.0 Å². The lowest BCUT2D eigenvalue weighted by molar-refractivity contribution is 0.481. The summed E-state index contributed by atoms with van der Waals surface area (Å²) in [6, 6.07) is 4.30. The first kappa shape index (κ1) is 20.3. The summed E-state index contributed by atoms with van der Waals surface area (Å²) in [6.45, 7) is 3.47. The lowest BCUT2D eigenvalue weighted by Gasteiger charge is -2.07. The van der Waals surface area contributed by atoms with Gasteiger partial charge in [-0.2, -0.15) is 0 Å². The van der Waals surface area contributed by atoms with E-state index in [9.17, 15) is 13.2 Å². The van der Waals surface area contributed by atoms with E-state index >= 15 is 0 Å². The van der Waals surface area contributed by atoms with Crippen LogP contribution in [0.4, 0.5) is 13.2 Å². The van der Waals surface area contributed by atoms with Crippen LogP contribution in [0.2, 0.25) is 0 Å². The van der Waals surface area contributed by atoms with Crippen LogP contribution in [0.1, 0.15) is 25.0 Å². The SMILES string of the molecule is C#C/C(=C\C(F)C#CF)c1ccc(/C(C#CC)=C/C=C(\C)S)cc1F. The van der Waals surface area contributed by atoms with Crippen molar-refractivity contribution in [1.82, 2.24) is 0 Å². The Bertz CT molecular complexity index is 887. The fourth-order valence-corrected chi connectivity index (χ4v) is 1.98. The summed E-state index contributed by atoms with van der Waals surface area (Å²) >= 11 is 4.17. The van der Waals surface area contributed by atoms with E-state index in [1.165, 1.54) is 12.1 Å². The third-order valence-corrected chi connectivity index (χ3v) is 3.13. The molecule has 0 nitrogen and oxygen atoms in total. The molecule has 0 spiro atoms. The van der Waals surface area contributed by atoms with Crippen molar-refractivity contribution in [2.75, 3.05) is 0 Å². The average Bonchev–Trinajstić information content (AvgIpc) is 2.56. The Hall–Kier alpha value is -2.74. The molecule has 0 saturated heterocycles. The third-order valence-electron chi connectivity index (χ3n) is 2.98. The van der Waals surface area contributed by atoms with Gasteiger partial charge in [0.1, 0.15) is 12.0 Å². The van der Waals surface area contributed by atoms with Gasteiger partial charge in [0.2, 0.25) is 0 Å². The standard InChI is InChI=1S/C21H15F3S/c1-4-6-17(8-7-15(3)25)18-9-10-20(21(24)14-18)16(5-2)13-19(23)11-12-22/h2,7-10,13-14,19,25H,1,3H3/b15-7+,16-13+,17-8+. The molecule has 4 heteroatoms. The van der Waals surface area contributed by atoms with Gasteiger partial charge in [0.25, 0.3) is 0 Å². The van der Waals surface area contributed by atoms with E-state index in [4.69, 9.17) is 6.42 Å². The van der Waals surface area contributed by atoms with Crippen molar-refractivity contribution < 1.29 is 13.2 Å². The minimum Gasteiger partial charge on any atom is -0.229 e. The van der Waals surface area contributed by atoms with Crippen molar-refractivity contribution in [2.45, 2.75) is 20.0 Å². The predicted octanol–water partition coefficient (Wildman–Crippen LogP) is 5.35. The number of hydrogen-bond acceptors (Lipinski definition) is 1. The Balaban J connectivity index is 3.36. The van der Waals surface area contributed by atoms with Crippen LogP contribution in [0.15, 0.2) is 41.3 Å². The molecule has 1 atom stereocenters. The molecule has 1 aromatic carbocycles. The summed E-state index contributed by atoms with van der Waals surface area (Å²) in [5.41, 5.74) is 1.12. The number of thiol groups is 1. The molecular formula is C21H15F3S. The number of rotatable bonds is 4. The van der Waals surface area contributed by atoms with Crippen LogP contribution in [0.25, 0.3) is 11.1 Å². The number of benzene rings is 1. The minimum absolute atomic E-state index is 0.0271. The van der Waals surface area contributed by atoms with Crippen LogP contribution >= 0.6 is 12.6 Å². The van der Waals surface area contributed by atoms with E-state index in [2.05, 4.69) is 30.4 Å². The number of halogens is 3. The summed E-state index contributed by atoms with van der Waals surface area (Å²) in [5.74, 6) is 8.85. The van der Waals surface area contributed by atoms with Crippen molar-refractivity contribution >= 4 is 23.8 Å². The highest BCUT2D eigenvalue weighted by Gasteiger charge is 2.11. The zero-order valence-corrected chi connectivity index (χ0v) is 14.6. The Morgan fingerprint density at radius 1 is 1.28 bits per heavy atom. The first-order chi connectivity index (χ1) is 11.9. The van der Waals surface area contributed by atoms with Crippen molar-refractivity contribution in [3.05, 3.63) is 58.3 Å². The second kappa shape index (κ2) is 10.2. The molecule has 0 aromatic heterocycles. The molecule has 0 fully saturated rings. The van der Waals surface area contributed by atoms with Crippen molar-refractivity contribution in [3.63, 3.8) is 0 Å². The Morgan fingerprint density at radius 3 is 2.52 bits per heavy atom. The molecule has 0 aliphatic heterocycles. The fourth-order valence-electron chi connectivity index (χ4n) is 1.91. The van der Waals surface area contributed by atoms with Gasteiger partial charge in [-0.1, -0.05) is 30.0 Å². The van der Waals surface area contributed by atoms with Gasteiger partial charge < -0.3 is 0 Å². The molecule has 0 saturated carbocycles. The van der Waals surface area contributed by atoms with Crippen molar-refractivity contribution in [1.29, 1.82) is 0 Å². The second-order valence-electron chi connectivity index (χ2n) is 4.82. The van der Waals surface area contributed by atoms with Gasteiger partial charge in [0.05, 0.1) is 0 Å². The molecule has 0 bridgehead atoms. The number of alkyl halides is 1. The maximum atomic E-state index is 14.4. The summed E-state index contributed by atoms with van der Waals surface area (Å²) < 4.78 is 39.7. The number of terminal acetylenes is 1. The van der Waals surface area contributed by atoms with Gasteiger partial charge >= 0.3 is 0 Å². The highest BCUT2D eigenvalue weighted by atomic mass is 32.1. The predicted molar refractivity (Wildman–Crippen MR) is 101 cm³/mol. The normalized spacial score (nSPS) is 13.1. The number of hydrogen-bond donors (Lipinski definition) is 1. The summed E-state index contributed by atoms with van der Waals surface area (Å²) in [6.07, 6.45) is 8.69. The van der Waals surface area contributed by atoms with E-state index < -0.39 is 12.0 Å². The highest BCUT2D eigenvalue weighted by molar-refractivity contribution is 7.84. The smallest absolute Gasteiger partial charge is 0.183 e. The van der Waals surface area contributed by atoms with E-state index in [0.717, 1.165) is 17.2 Å². The first-order valence-corrected chi connectivity index (χ1v) is 7.62. The molecule has 0 heterocycles. The molecule has 0 amide bonds. The second-order valence-corrected chi connectivity index (χ2v) is 5.53.